The Morgan fingerprint density at radius 2 is 0.611 bits per heavy atom. The summed E-state index contributed by atoms with van der Waals surface area (Å²) in [6.07, 6.45) is 0. The van der Waals surface area contributed by atoms with Crippen molar-refractivity contribution in [2.24, 2.45) is 0 Å². The molecule has 0 saturated carbocycles. The van der Waals surface area contributed by atoms with Gasteiger partial charge < -0.3 is 20.1 Å². The smallest absolute Gasteiger partial charge is 0.759 e. The van der Waals surface area contributed by atoms with Crippen LogP contribution < -0.4 is 0 Å². The molecule has 0 aliphatic carbocycles. The van der Waals surface area contributed by atoms with Gasteiger partial charge in [0.15, 0.2) is 0 Å². The Balaban J connectivity index is -0.0000000277. The molecule has 0 aromatic rings. The van der Waals surface area contributed by atoms with Gasteiger partial charge in [-0.25, -0.2) is 0 Å². The van der Waals surface area contributed by atoms with Crippen molar-refractivity contribution in [2.45, 2.75) is 0 Å². The molecule has 0 bridgehead atoms. The van der Waals surface area contributed by atoms with E-state index in [9.17, 15) is 0 Å². The van der Waals surface area contributed by atoms with Crippen molar-refractivity contribution < 1.29 is 83.0 Å². The van der Waals surface area contributed by atoms with Crippen LogP contribution in [0.15, 0.2) is 0 Å². The van der Waals surface area contributed by atoms with Crippen LogP contribution in [0, 0.1) is 0 Å². The van der Waals surface area contributed by atoms with Crippen LogP contribution in [-0.2, 0) is 50.7 Å². The molecular weight excluding hydrogens is 386 g/mol. The van der Waals surface area contributed by atoms with Gasteiger partial charge in [0.1, 0.15) is 0 Å². The van der Waals surface area contributed by atoms with Crippen molar-refractivity contribution in [1.29, 1.82) is 0 Å². The van der Waals surface area contributed by atoms with Crippen molar-refractivity contribution in [1.82, 2.24) is 0 Å². The first-order valence-corrected chi connectivity index (χ1v) is 6.19. The van der Waals surface area contributed by atoms with Gasteiger partial charge in [0.05, 0.1) is 0 Å². The first-order valence-electron chi connectivity index (χ1n) is 2.06. The molecule has 0 aromatic heterocycles. The van der Waals surface area contributed by atoms with Gasteiger partial charge in [0.2, 0.25) is 0 Å². The van der Waals surface area contributed by atoms with E-state index in [1.54, 1.807) is 0 Å². The number of hydrogen-bond acceptors (Lipinski definition) is 8. The van der Waals surface area contributed by atoms with E-state index in [0.717, 1.165) is 0 Å². The van der Waals surface area contributed by atoms with E-state index in [2.05, 4.69) is 0 Å². The van der Waals surface area contributed by atoms with Crippen molar-refractivity contribution in [3.8, 4) is 0 Å². The second kappa shape index (κ2) is 13.6. The summed E-state index contributed by atoms with van der Waals surface area (Å²) in [4.78, 5) is 0. The third kappa shape index (κ3) is 158000. The summed E-state index contributed by atoms with van der Waals surface area (Å²) in [6.45, 7) is 0. The van der Waals surface area contributed by atoms with Gasteiger partial charge in [-0.3, -0.25) is 26.6 Å². The fraction of sp³-hybridized carbons (Fsp3) is 0. The third-order valence-corrected chi connectivity index (χ3v) is 0. The van der Waals surface area contributed by atoms with E-state index in [4.69, 9.17) is 52.6 Å². The van der Waals surface area contributed by atoms with Gasteiger partial charge in [0.25, 0.3) is 0 Å². The molecule has 0 rings (SSSR count). The maximum atomic E-state index is 8.74. The van der Waals surface area contributed by atoms with E-state index in [0.29, 0.717) is 0 Å². The average Bonchev–Trinajstić information content (AvgIpc) is 1.41. The molecule has 0 fully saturated rings. The standard InChI is InChI=1S/3H2O4S.2H2O.Zn/c3*1-5(2,3)4;;;/h3*(H2,1,2,3,4);2*1H2;/q;;;;;+2/p-2. The Kier molecular flexibility index (Phi) is 27.3. The fourth-order valence-corrected chi connectivity index (χ4v) is 0. The van der Waals surface area contributed by atoms with Gasteiger partial charge >= 0.3 is 40.3 Å². The second-order valence-corrected chi connectivity index (χ2v) is 3.91. The summed E-state index contributed by atoms with van der Waals surface area (Å²) < 4.78 is 97.2. The maximum Gasteiger partial charge on any atom is 2.00 e. The molecule has 0 amide bonds. The molecule has 0 aromatic carbocycles. The molecular formula is H8O14S3Zn. The van der Waals surface area contributed by atoms with Crippen molar-refractivity contribution >= 4 is 31.2 Å². The Labute approximate surface area is 114 Å². The van der Waals surface area contributed by atoms with Crippen LogP contribution in [0.1, 0.15) is 0 Å². The largest absolute Gasteiger partial charge is 2.00 e. The van der Waals surface area contributed by atoms with E-state index in [1.165, 1.54) is 0 Å². The van der Waals surface area contributed by atoms with E-state index >= 15 is 0 Å². The number of rotatable bonds is 0. The van der Waals surface area contributed by atoms with Crippen LogP contribution >= 0.6 is 0 Å². The predicted octanol–water partition coefficient (Wildman–Crippen LogP) is -4.30. The van der Waals surface area contributed by atoms with Crippen LogP contribution in [-0.4, -0.2) is 63.5 Å². The Morgan fingerprint density at radius 3 is 0.611 bits per heavy atom. The van der Waals surface area contributed by atoms with Gasteiger partial charge in [-0.1, -0.05) is 0 Å². The molecule has 112 valence electrons. The fourth-order valence-electron chi connectivity index (χ4n) is 0. The zero-order valence-corrected chi connectivity index (χ0v) is 13.4. The zero-order chi connectivity index (χ0) is 13.5. The maximum absolute atomic E-state index is 8.74. The van der Waals surface area contributed by atoms with E-state index in [-0.39, 0.29) is 30.4 Å². The van der Waals surface area contributed by atoms with Gasteiger partial charge in [0, 0.05) is 10.4 Å². The molecule has 8 N–H and O–H groups in total. The number of hydrogen-bond donors (Lipinski definition) is 4. The van der Waals surface area contributed by atoms with Crippen molar-refractivity contribution in [3.63, 3.8) is 0 Å². The van der Waals surface area contributed by atoms with Crippen LogP contribution in [0.2, 0.25) is 0 Å². The molecule has 14 nitrogen and oxygen atoms in total. The van der Waals surface area contributed by atoms with E-state index in [1.807, 2.05) is 0 Å². The van der Waals surface area contributed by atoms with Crippen LogP contribution in [0.4, 0.5) is 0 Å². The Hall–Kier alpha value is 0.153. The first kappa shape index (κ1) is 36.2. The van der Waals surface area contributed by atoms with Crippen molar-refractivity contribution in [3.05, 3.63) is 0 Å². The Morgan fingerprint density at radius 1 is 0.611 bits per heavy atom. The minimum Gasteiger partial charge on any atom is -0.759 e. The molecule has 0 aliphatic heterocycles. The van der Waals surface area contributed by atoms with E-state index < -0.39 is 31.2 Å². The minimum absolute atomic E-state index is 0. The monoisotopic (exact) mass is 392 g/mol. The molecule has 0 atom stereocenters. The van der Waals surface area contributed by atoms with Crippen LogP contribution in [0.25, 0.3) is 0 Å². The van der Waals surface area contributed by atoms with Gasteiger partial charge in [-0.2, -0.15) is 16.8 Å². The predicted molar refractivity (Wildman–Crippen MR) is 46.1 cm³/mol. The van der Waals surface area contributed by atoms with Crippen LogP contribution in [0.3, 0.4) is 0 Å². The van der Waals surface area contributed by atoms with Crippen molar-refractivity contribution in [2.75, 3.05) is 0 Å². The minimum atomic E-state index is -5.17. The van der Waals surface area contributed by atoms with Gasteiger partial charge in [-0.05, 0) is 0 Å². The zero-order valence-electron chi connectivity index (χ0n) is 7.99. The topological polar surface area (TPSA) is 292 Å². The molecule has 0 radical (unpaired) electrons. The molecule has 18 heteroatoms. The summed E-state index contributed by atoms with van der Waals surface area (Å²) in [7, 11) is -14.5. The molecule has 0 spiro atoms. The quantitative estimate of drug-likeness (QED) is 0.172. The SMILES string of the molecule is O.O.O=S(=O)(O)O.O=S(=O)(O)O.O=S(=O)([O-])[O-].[Zn+2]. The van der Waals surface area contributed by atoms with Crippen LogP contribution in [0.5, 0.6) is 0 Å². The third-order valence-electron chi connectivity index (χ3n) is 0. The Bertz CT molecular complexity index is 338. The van der Waals surface area contributed by atoms with Gasteiger partial charge in [-0.15, -0.1) is 0 Å². The average molecular weight is 394 g/mol. The molecule has 0 heterocycles. The molecule has 0 aliphatic rings. The summed E-state index contributed by atoms with van der Waals surface area (Å²) in [5, 5.41) is 0. The summed E-state index contributed by atoms with van der Waals surface area (Å²) >= 11 is 0. The molecule has 18 heavy (non-hydrogen) atoms. The first-order chi connectivity index (χ1) is 6.00. The molecule has 0 saturated heterocycles. The second-order valence-electron chi connectivity index (χ2n) is 1.30. The normalized spacial score (nSPS) is 9.67. The summed E-state index contributed by atoms with van der Waals surface area (Å²) in [5.74, 6) is 0. The molecule has 0 unspecified atom stereocenters. The summed E-state index contributed by atoms with van der Waals surface area (Å²) in [6, 6.07) is 0. The summed E-state index contributed by atoms with van der Waals surface area (Å²) in [5.41, 5.74) is 0.